The van der Waals surface area contributed by atoms with Crippen LogP contribution in [0.15, 0.2) is 18.2 Å². The summed E-state index contributed by atoms with van der Waals surface area (Å²) in [5.74, 6) is -3.00. The predicted octanol–water partition coefficient (Wildman–Crippen LogP) is 2.65. The number of para-hydroxylation sites is 1. The van der Waals surface area contributed by atoms with Gasteiger partial charge in [-0.25, -0.2) is 0 Å². The molecule has 7 heteroatoms. The monoisotopic (exact) mass is 290 g/mol. The third kappa shape index (κ3) is 2.66. The second kappa shape index (κ2) is 5.22. The molecule has 0 unspecified atom stereocenters. The molecule has 0 aliphatic carbocycles. The van der Waals surface area contributed by atoms with Crippen molar-refractivity contribution in [3.8, 4) is 11.5 Å². The van der Waals surface area contributed by atoms with Crippen LogP contribution in [0.3, 0.4) is 0 Å². The number of alkyl halides is 3. The number of hydrogen-bond donors (Lipinski definition) is 1. The summed E-state index contributed by atoms with van der Waals surface area (Å²) in [6.45, 7) is 1.97. The zero-order valence-corrected chi connectivity index (χ0v) is 10.6. The second-order valence-corrected chi connectivity index (χ2v) is 4.41. The van der Waals surface area contributed by atoms with Gasteiger partial charge in [-0.3, -0.25) is 4.79 Å². The molecule has 1 N–H and O–H groups in total. The number of carbonyl (C=O) groups is 1. The number of rotatable bonds is 3. The third-order valence-corrected chi connectivity index (χ3v) is 3.05. The minimum Gasteiger partial charge on any atom is -0.490 e. The first-order valence-electron chi connectivity index (χ1n) is 6.05. The summed E-state index contributed by atoms with van der Waals surface area (Å²) in [5, 5.41) is 8.96. The largest absolute Gasteiger partial charge is 0.490 e. The van der Waals surface area contributed by atoms with E-state index >= 15 is 0 Å². The fourth-order valence-corrected chi connectivity index (χ4v) is 2.19. The van der Waals surface area contributed by atoms with Gasteiger partial charge in [0.1, 0.15) is 5.92 Å². The van der Waals surface area contributed by atoms with E-state index in [1.54, 1.807) is 19.1 Å². The third-order valence-electron chi connectivity index (χ3n) is 3.05. The number of aliphatic carboxylic acids is 1. The van der Waals surface area contributed by atoms with Crippen LogP contribution >= 0.6 is 0 Å². The molecule has 0 radical (unpaired) electrons. The maximum absolute atomic E-state index is 12.9. The summed E-state index contributed by atoms with van der Waals surface area (Å²) in [7, 11) is 0. The second-order valence-electron chi connectivity index (χ2n) is 4.41. The van der Waals surface area contributed by atoms with Gasteiger partial charge < -0.3 is 14.6 Å². The van der Waals surface area contributed by atoms with Crippen molar-refractivity contribution in [3.05, 3.63) is 23.8 Å². The zero-order chi connectivity index (χ0) is 14.9. The number of hydrogen-bond acceptors (Lipinski definition) is 3. The summed E-state index contributed by atoms with van der Waals surface area (Å²) >= 11 is 0. The van der Waals surface area contributed by atoms with Crippen LogP contribution in [0.5, 0.6) is 11.5 Å². The molecule has 1 aromatic rings. The number of benzene rings is 1. The molecule has 2 atom stereocenters. The highest BCUT2D eigenvalue weighted by molar-refractivity contribution is 5.72. The van der Waals surface area contributed by atoms with E-state index in [1.165, 1.54) is 6.07 Å². The highest BCUT2D eigenvalue weighted by atomic mass is 19.4. The molecule has 2 rings (SSSR count). The van der Waals surface area contributed by atoms with Crippen LogP contribution in [0.1, 0.15) is 12.5 Å². The first-order chi connectivity index (χ1) is 9.34. The van der Waals surface area contributed by atoms with Gasteiger partial charge in [-0.15, -0.1) is 0 Å². The molecule has 0 amide bonds. The number of carboxylic acids is 1. The molecule has 4 nitrogen and oxygen atoms in total. The Hall–Kier alpha value is -1.92. The van der Waals surface area contributed by atoms with Crippen LogP contribution in [0, 0.1) is 5.92 Å². The smallest absolute Gasteiger partial charge is 0.426 e. The van der Waals surface area contributed by atoms with Crippen molar-refractivity contribution in [2.45, 2.75) is 25.6 Å². The van der Waals surface area contributed by atoms with E-state index in [9.17, 15) is 18.0 Å². The lowest BCUT2D eigenvalue weighted by Crippen LogP contribution is -2.47. The van der Waals surface area contributed by atoms with E-state index in [0.29, 0.717) is 5.56 Å². The van der Waals surface area contributed by atoms with Crippen LogP contribution in [0.2, 0.25) is 0 Å². The first-order valence-corrected chi connectivity index (χ1v) is 6.05. The van der Waals surface area contributed by atoms with Crippen molar-refractivity contribution in [1.29, 1.82) is 0 Å². The summed E-state index contributed by atoms with van der Waals surface area (Å²) in [6.07, 6.45) is -7.36. The summed E-state index contributed by atoms with van der Waals surface area (Å²) in [6, 6.07) is 4.64. The first kappa shape index (κ1) is 14.5. The fraction of sp³-hybridized carbons (Fsp3) is 0.462. The van der Waals surface area contributed by atoms with Crippen LogP contribution < -0.4 is 9.47 Å². The average molecular weight is 290 g/mol. The van der Waals surface area contributed by atoms with Crippen LogP contribution in [0.4, 0.5) is 13.2 Å². The summed E-state index contributed by atoms with van der Waals surface area (Å²) < 4.78 is 48.9. The van der Waals surface area contributed by atoms with Gasteiger partial charge in [0.25, 0.3) is 0 Å². The fourth-order valence-electron chi connectivity index (χ4n) is 2.19. The lowest BCUT2D eigenvalue weighted by Gasteiger charge is -2.33. The Labute approximate surface area is 113 Å². The predicted molar refractivity (Wildman–Crippen MR) is 62.9 cm³/mol. The van der Waals surface area contributed by atoms with Gasteiger partial charge >= 0.3 is 12.1 Å². The molecular weight excluding hydrogens is 277 g/mol. The van der Waals surface area contributed by atoms with Crippen molar-refractivity contribution in [1.82, 2.24) is 0 Å². The lowest BCUT2D eigenvalue weighted by atomic mass is 9.90. The highest BCUT2D eigenvalue weighted by Crippen LogP contribution is 2.43. The number of ether oxygens (including phenoxy) is 2. The molecule has 0 fully saturated rings. The molecule has 20 heavy (non-hydrogen) atoms. The van der Waals surface area contributed by atoms with Gasteiger partial charge in [0, 0.05) is 0 Å². The molecule has 110 valence electrons. The van der Waals surface area contributed by atoms with E-state index in [0.717, 1.165) is 0 Å². The topological polar surface area (TPSA) is 55.8 Å². The van der Waals surface area contributed by atoms with E-state index in [-0.39, 0.29) is 24.5 Å². The molecule has 1 aromatic carbocycles. The maximum atomic E-state index is 12.9. The minimum atomic E-state index is -4.75. The lowest BCUT2D eigenvalue weighted by molar-refractivity contribution is -0.217. The quantitative estimate of drug-likeness (QED) is 0.929. The summed E-state index contributed by atoms with van der Waals surface area (Å²) in [4.78, 5) is 11.0. The number of carboxylic acid groups (broad SMARTS) is 1. The molecule has 0 bridgehead atoms. The Bertz CT molecular complexity index is 513. The minimum absolute atomic E-state index is 0.0193. The molecule has 0 saturated carbocycles. The van der Waals surface area contributed by atoms with E-state index in [4.69, 9.17) is 14.6 Å². The standard InChI is InChI=1S/C13H13F3O4/c1-2-19-9-5-3-4-7-6-8(12(17)18)11(13(14,15)16)20-10(7)9/h3-5,8,11H,2,6H2,1H3,(H,17,18)/t8-,11-/m1/s1. The van der Waals surface area contributed by atoms with Crippen molar-refractivity contribution < 1.29 is 32.5 Å². The Morgan fingerprint density at radius 1 is 1.50 bits per heavy atom. The summed E-state index contributed by atoms with van der Waals surface area (Å²) in [5.41, 5.74) is 0.406. The van der Waals surface area contributed by atoms with Crippen molar-refractivity contribution in [3.63, 3.8) is 0 Å². The molecule has 0 aromatic heterocycles. The Balaban J connectivity index is 2.43. The average Bonchev–Trinajstić information content (AvgIpc) is 2.37. The molecule has 1 aliphatic rings. The Morgan fingerprint density at radius 2 is 2.20 bits per heavy atom. The van der Waals surface area contributed by atoms with Gasteiger partial charge in [-0.05, 0) is 25.0 Å². The SMILES string of the molecule is CCOc1cccc2c1O[C@@H](C(F)(F)F)[C@H](C(=O)O)C2. The van der Waals surface area contributed by atoms with Crippen molar-refractivity contribution in [2.75, 3.05) is 6.61 Å². The molecule has 1 heterocycles. The van der Waals surface area contributed by atoms with Gasteiger partial charge in [-0.2, -0.15) is 13.2 Å². The van der Waals surface area contributed by atoms with Gasteiger partial charge in [0.15, 0.2) is 11.5 Å². The zero-order valence-electron chi connectivity index (χ0n) is 10.6. The van der Waals surface area contributed by atoms with Crippen molar-refractivity contribution >= 4 is 5.97 Å². The van der Waals surface area contributed by atoms with E-state index < -0.39 is 24.2 Å². The van der Waals surface area contributed by atoms with Gasteiger partial charge in [0.2, 0.25) is 6.10 Å². The van der Waals surface area contributed by atoms with Gasteiger partial charge in [0.05, 0.1) is 6.61 Å². The van der Waals surface area contributed by atoms with E-state index in [2.05, 4.69) is 0 Å². The number of fused-ring (bicyclic) bond motifs is 1. The molecule has 0 saturated heterocycles. The van der Waals surface area contributed by atoms with Crippen LogP contribution in [-0.2, 0) is 11.2 Å². The van der Waals surface area contributed by atoms with E-state index in [1.807, 2.05) is 0 Å². The molecule has 0 spiro atoms. The Kier molecular flexibility index (Phi) is 3.78. The highest BCUT2D eigenvalue weighted by Gasteiger charge is 2.52. The molecular formula is C13H13F3O4. The number of halogens is 3. The Morgan fingerprint density at radius 3 is 2.75 bits per heavy atom. The molecule has 1 aliphatic heterocycles. The van der Waals surface area contributed by atoms with Crippen molar-refractivity contribution in [2.24, 2.45) is 5.92 Å². The van der Waals surface area contributed by atoms with Gasteiger partial charge in [-0.1, -0.05) is 12.1 Å². The normalized spacial score (nSPS) is 21.8. The van der Waals surface area contributed by atoms with Crippen LogP contribution in [-0.4, -0.2) is 30.0 Å². The maximum Gasteiger partial charge on any atom is 0.426 e. The van der Waals surface area contributed by atoms with Crippen LogP contribution in [0.25, 0.3) is 0 Å².